The Balaban J connectivity index is 4.30. The fraction of sp³-hybridized carbons (Fsp3) is 0.500. The molecule has 0 aromatic carbocycles. The first-order valence-corrected chi connectivity index (χ1v) is 7.81. The van der Waals surface area contributed by atoms with Crippen LogP contribution in [0.4, 0.5) is 0 Å². The lowest BCUT2D eigenvalue weighted by molar-refractivity contribution is 0.542. The maximum atomic E-state index is 10.4. The molecule has 0 aliphatic rings. The summed E-state index contributed by atoms with van der Waals surface area (Å²) in [6, 6.07) is 2.58. The van der Waals surface area contributed by atoms with E-state index in [9.17, 15) is 4.80 Å². The molecule has 0 radical (unpaired) electrons. The van der Waals surface area contributed by atoms with Crippen molar-refractivity contribution in [2.45, 2.75) is 38.9 Å². The Hall–Kier alpha value is -0.603. The van der Waals surface area contributed by atoms with Crippen LogP contribution in [-0.4, -0.2) is 13.1 Å². The molecule has 0 aliphatic heterocycles. The zero-order valence-electron chi connectivity index (χ0n) is 9.53. The molecule has 0 saturated carbocycles. The zero-order valence-corrected chi connectivity index (χ0v) is 10.5. The van der Waals surface area contributed by atoms with Gasteiger partial charge in [0.05, 0.1) is 0 Å². The Bertz CT molecular complexity index is 180. The van der Waals surface area contributed by atoms with Gasteiger partial charge in [-0.1, -0.05) is 36.5 Å². The van der Waals surface area contributed by atoms with Crippen molar-refractivity contribution < 1.29 is 4.80 Å². The van der Waals surface area contributed by atoms with Crippen molar-refractivity contribution in [1.82, 2.24) is 0 Å². The first-order chi connectivity index (χ1) is 6.68. The maximum Gasteiger partial charge on any atom is 0.199 e. The van der Waals surface area contributed by atoms with Crippen LogP contribution in [0.15, 0.2) is 36.5 Å². The van der Waals surface area contributed by atoms with Crippen molar-refractivity contribution in [2.24, 2.45) is 0 Å². The second-order valence-corrected chi connectivity index (χ2v) is 7.22. The molecule has 0 spiro atoms. The normalized spacial score (nSPS) is 17.1. The molecule has 1 N–H and O–H groups in total. The molecule has 0 aromatic rings. The maximum absolute atomic E-state index is 10.4. The van der Waals surface area contributed by atoms with Crippen molar-refractivity contribution in [2.75, 3.05) is 0 Å². The fourth-order valence-corrected chi connectivity index (χ4v) is 3.79. The van der Waals surface area contributed by atoms with Crippen molar-refractivity contribution >= 4 is 8.32 Å². The molecule has 0 bridgehead atoms. The van der Waals surface area contributed by atoms with Gasteiger partial charge in [-0.3, -0.25) is 0 Å². The second-order valence-electron chi connectivity index (χ2n) is 3.54. The lowest BCUT2D eigenvalue weighted by Crippen LogP contribution is -2.31. The first kappa shape index (κ1) is 13.4. The average molecular weight is 210 g/mol. The van der Waals surface area contributed by atoms with Gasteiger partial charge in [0.2, 0.25) is 0 Å². The SMILES string of the molecule is CC=CC[Si](O)(CC=CC)CC=CC. The summed E-state index contributed by atoms with van der Waals surface area (Å²) >= 11 is 0. The van der Waals surface area contributed by atoms with E-state index in [2.05, 4.69) is 18.2 Å². The minimum Gasteiger partial charge on any atom is -0.431 e. The van der Waals surface area contributed by atoms with Gasteiger partial charge in [-0.15, -0.1) is 0 Å². The largest absolute Gasteiger partial charge is 0.431 e. The summed E-state index contributed by atoms with van der Waals surface area (Å²) in [6.07, 6.45) is 12.3. The highest BCUT2D eigenvalue weighted by Crippen LogP contribution is 2.19. The van der Waals surface area contributed by atoms with Gasteiger partial charge in [-0.05, 0) is 38.9 Å². The zero-order chi connectivity index (χ0) is 10.9. The van der Waals surface area contributed by atoms with Gasteiger partial charge >= 0.3 is 0 Å². The summed E-state index contributed by atoms with van der Waals surface area (Å²) in [5.74, 6) is 0. The van der Waals surface area contributed by atoms with Crippen LogP contribution in [0.25, 0.3) is 0 Å². The number of allylic oxidation sites excluding steroid dienone is 6. The number of hydrogen-bond donors (Lipinski definition) is 1. The Morgan fingerprint density at radius 2 is 1.07 bits per heavy atom. The third-order valence-electron chi connectivity index (χ3n) is 2.20. The van der Waals surface area contributed by atoms with Gasteiger partial charge in [0.25, 0.3) is 0 Å². The van der Waals surface area contributed by atoms with Gasteiger partial charge < -0.3 is 4.80 Å². The summed E-state index contributed by atoms with van der Waals surface area (Å²) in [4.78, 5) is 10.4. The molecular formula is C12H22OSi. The summed E-state index contributed by atoms with van der Waals surface area (Å²) in [5, 5.41) is 0. The second kappa shape index (κ2) is 7.77. The van der Waals surface area contributed by atoms with Gasteiger partial charge in [0, 0.05) is 0 Å². The monoisotopic (exact) mass is 210 g/mol. The Morgan fingerprint density at radius 1 is 0.786 bits per heavy atom. The molecule has 14 heavy (non-hydrogen) atoms. The minimum absolute atomic E-state index is 0.859. The van der Waals surface area contributed by atoms with Gasteiger partial charge in [0.15, 0.2) is 8.32 Å². The van der Waals surface area contributed by atoms with E-state index in [1.807, 2.05) is 39.0 Å². The lowest BCUT2D eigenvalue weighted by atomic mass is 10.6. The Labute approximate surface area is 89.0 Å². The fourth-order valence-electron chi connectivity index (χ4n) is 1.26. The summed E-state index contributed by atoms with van der Waals surface area (Å²) in [7, 11) is -2.07. The van der Waals surface area contributed by atoms with E-state index in [0.717, 1.165) is 18.1 Å². The quantitative estimate of drug-likeness (QED) is 0.524. The molecule has 1 nitrogen and oxygen atoms in total. The topological polar surface area (TPSA) is 20.2 Å². The third-order valence-corrected chi connectivity index (χ3v) is 5.19. The predicted octanol–water partition coefficient (Wildman–Crippen LogP) is 3.65. The molecule has 80 valence electrons. The molecule has 0 atom stereocenters. The molecule has 2 heteroatoms. The third kappa shape index (κ3) is 5.94. The van der Waals surface area contributed by atoms with Crippen LogP contribution in [0.1, 0.15) is 20.8 Å². The molecule has 0 saturated heterocycles. The van der Waals surface area contributed by atoms with Gasteiger partial charge in [-0.25, -0.2) is 0 Å². The molecule has 0 amide bonds. The highest BCUT2D eigenvalue weighted by Gasteiger charge is 2.26. The van der Waals surface area contributed by atoms with Crippen LogP contribution >= 0.6 is 0 Å². The van der Waals surface area contributed by atoms with E-state index in [4.69, 9.17) is 0 Å². The van der Waals surface area contributed by atoms with E-state index in [1.54, 1.807) is 0 Å². The summed E-state index contributed by atoms with van der Waals surface area (Å²) in [5.41, 5.74) is 0. The highest BCUT2D eigenvalue weighted by atomic mass is 28.4. The molecule has 0 rings (SSSR count). The summed E-state index contributed by atoms with van der Waals surface area (Å²) in [6.45, 7) is 6.00. The lowest BCUT2D eigenvalue weighted by Gasteiger charge is -2.20. The number of rotatable bonds is 6. The predicted molar refractivity (Wildman–Crippen MR) is 66.8 cm³/mol. The molecule has 0 unspecified atom stereocenters. The van der Waals surface area contributed by atoms with Crippen molar-refractivity contribution in [3.05, 3.63) is 36.5 Å². The number of hydrogen-bond acceptors (Lipinski definition) is 1. The van der Waals surface area contributed by atoms with Crippen LogP contribution in [0, 0.1) is 0 Å². The standard InChI is InChI=1S/C12H22OSi/c1-4-7-10-14(13,11-8-5-2)12-9-6-3/h4-9,13H,10-12H2,1-3H3. The van der Waals surface area contributed by atoms with Crippen molar-refractivity contribution in [3.63, 3.8) is 0 Å². The van der Waals surface area contributed by atoms with Crippen LogP contribution in [0.5, 0.6) is 0 Å². The van der Waals surface area contributed by atoms with Crippen molar-refractivity contribution in [3.8, 4) is 0 Å². The summed E-state index contributed by atoms with van der Waals surface area (Å²) < 4.78 is 0. The van der Waals surface area contributed by atoms with Crippen LogP contribution in [0.2, 0.25) is 18.1 Å². The molecule has 0 aliphatic carbocycles. The van der Waals surface area contributed by atoms with Gasteiger partial charge in [-0.2, -0.15) is 0 Å². The Morgan fingerprint density at radius 3 is 1.29 bits per heavy atom. The molecule has 0 fully saturated rings. The van der Waals surface area contributed by atoms with Crippen LogP contribution < -0.4 is 0 Å². The Kier molecular flexibility index (Phi) is 7.43. The first-order valence-electron chi connectivity index (χ1n) is 5.24. The van der Waals surface area contributed by atoms with E-state index in [-0.39, 0.29) is 0 Å². The molecule has 0 aromatic heterocycles. The van der Waals surface area contributed by atoms with E-state index >= 15 is 0 Å². The highest BCUT2D eigenvalue weighted by molar-refractivity contribution is 6.73. The van der Waals surface area contributed by atoms with Gasteiger partial charge in [0.1, 0.15) is 0 Å². The van der Waals surface area contributed by atoms with E-state index in [1.165, 1.54) is 0 Å². The van der Waals surface area contributed by atoms with E-state index in [0.29, 0.717) is 0 Å². The molecular weight excluding hydrogens is 188 g/mol. The van der Waals surface area contributed by atoms with Crippen LogP contribution in [0.3, 0.4) is 0 Å². The smallest absolute Gasteiger partial charge is 0.199 e. The molecule has 0 heterocycles. The van der Waals surface area contributed by atoms with E-state index < -0.39 is 8.32 Å². The van der Waals surface area contributed by atoms with Crippen molar-refractivity contribution in [1.29, 1.82) is 0 Å². The minimum atomic E-state index is -2.07. The average Bonchev–Trinajstić information content (AvgIpc) is 2.21. The van der Waals surface area contributed by atoms with Crippen LogP contribution in [-0.2, 0) is 0 Å².